The smallest absolute Gasteiger partial charge is 0.287 e. The van der Waals surface area contributed by atoms with Gasteiger partial charge in [-0.25, -0.2) is 13.1 Å². The van der Waals surface area contributed by atoms with Crippen LogP contribution in [0.1, 0.15) is 50.1 Å². The molecular weight excluding hydrogens is 504 g/mol. The molecule has 0 amide bonds. The number of aromatic nitrogens is 2. The van der Waals surface area contributed by atoms with Crippen LogP contribution in [0.5, 0.6) is 0 Å². The zero-order valence-corrected chi connectivity index (χ0v) is 21.8. The van der Waals surface area contributed by atoms with Gasteiger partial charge < -0.3 is 20.1 Å². The number of hydrogen-bond acceptors (Lipinski definition) is 8. The Bertz CT molecular complexity index is 1220. The third kappa shape index (κ3) is 5.41. The van der Waals surface area contributed by atoms with E-state index in [2.05, 4.69) is 27.4 Å². The zero-order chi connectivity index (χ0) is 25.3. The number of aliphatic hydroxyl groups excluding tert-OH is 1. The van der Waals surface area contributed by atoms with E-state index in [1.807, 2.05) is 12.1 Å². The summed E-state index contributed by atoms with van der Waals surface area (Å²) in [6.07, 6.45) is 7.47. The van der Waals surface area contributed by atoms with Crippen molar-refractivity contribution in [1.29, 1.82) is 0 Å². The van der Waals surface area contributed by atoms with Gasteiger partial charge in [-0.2, -0.15) is 5.10 Å². The molecule has 2 aliphatic carbocycles. The van der Waals surface area contributed by atoms with Gasteiger partial charge in [0.1, 0.15) is 10.3 Å². The van der Waals surface area contributed by atoms with Crippen LogP contribution in [0.3, 0.4) is 0 Å². The van der Waals surface area contributed by atoms with Gasteiger partial charge in [-0.05, 0) is 56.2 Å². The molecule has 1 aliphatic heterocycles. The maximum Gasteiger partial charge on any atom is 0.287 e. The van der Waals surface area contributed by atoms with Gasteiger partial charge in [-0.3, -0.25) is 4.79 Å². The molecule has 11 heteroatoms. The molecule has 5 rings (SSSR count). The van der Waals surface area contributed by atoms with E-state index in [0.717, 1.165) is 31.2 Å². The summed E-state index contributed by atoms with van der Waals surface area (Å²) in [5.74, 6) is 0.00173. The van der Waals surface area contributed by atoms with Gasteiger partial charge in [0.25, 0.3) is 5.56 Å². The quantitative estimate of drug-likeness (QED) is 0.529. The summed E-state index contributed by atoms with van der Waals surface area (Å²) in [7, 11) is -3.23. The monoisotopic (exact) mass is 536 g/mol. The van der Waals surface area contributed by atoms with Crippen molar-refractivity contribution in [2.45, 2.75) is 68.5 Å². The van der Waals surface area contributed by atoms with Crippen molar-refractivity contribution in [1.82, 2.24) is 9.78 Å². The normalized spacial score (nSPS) is 25.9. The fourth-order valence-electron chi connectivity index (χ4n) is 5.32. The zero-order valence-electron chi connectivity index (χ0n) is 20.2. The van der Waals surface area contributed by atoms with E-state index < -0.39 is 15.1 Å². The van der Waals surface area contributed by atoms with E-state index >= 15 is 0 Å². The molecule has 3 fully saturated rings. The van der Waals surface area contributed by atoms with Gasteiger partial charge in [0.2, 0.25) is 0 Å². The van der Waals surface area contributed by atoms with Gasteiger partial charge in [-0.1, -0.05) is 23.7 Å². The minimum atomic E-state index is -3.23. The van der Waals surface area contributed by atoms with Crippen LogP contribution >= 0.6 is 11.6 Å². The van der Waals surface area contributed by atoms with E-state index in [4.69, 9.17) is 16.3 Å². The lowest BCUT2D eigenvalue weighted by Crippen LogP contribution is -2.42. The highest BCUT2D eigenvalue weighted by molar-refractivity contribution is 7.92. The summed E-state index contributed by atoms with van der Waals surface area (Å²) in [5, 5.41) is 16.1. The average molecular weight is 537 g/mol. The molecule has 36 heavy (non-hydrogen) atoms. The van der Waals surface area contributed by atoms with E-state index in [0.29, 0.717) is 17.8 Å². The van der Waals surface area contributed by atoms with Crippen molar-refractivity contribution >= 4 is 32.8 Å². The van der Waals surface area contributed by atoms with Crippen molar-refractivity contribution < 1.29 is 18.3 Å². The molecule has 1 atom stereocenters. The first-order valence-electron chi connectivity index (χ1n) is 12.7. The molecule has 0 bridgehead atoms. The van der Waals surface area contributed by atoms with Crippen molar-refractivity contribution in [2.24, 2.45) is 0 Å². The minimum absolute atomic E-state index is 0.00173. The molecule has 1 aromatic heterocycles. The summed E-state index contributed by atoms with van der Waals surface area (Å²) < 4.78 is 31.2. The number of nitrogens with zero attached hydrogens (tertiary/aromatic N) is 3. The fourth-order valence-corrected chi connectivity index (χ4v) is 6.85. The third-order valence-corrected chi connectivity index (χ3v) is 9.97. The molecule has 2 saturated carbocycles. The Kier molecular flexibility index (Phi) is 7.57. The van der Waals surface area contributed by atoms with Gasteiger partial charge >= 0.3 is 0 Å². The van der Waals surface area contributed by atoms with Crippen LogP contribution in [0.15, 0.2) is 35.3 Å². The summed E-state index contributed by atoms with van der Waals surface area (Å²) in [6.45, 7) is 0.508. The Morgan fingerprint density at radius 3 is 2.39 bits per heavy atom. The van der Waals surface area contributed by atoms with Gasteiger partial charge in [0.05, 0.1) is 43.5 Å². The maximum atomic E-state index is 13.0. The number of hydrogen-bond donors (Lipinski definition) is 2. The summed E-state index contributed by atoms with van der Waals surface area (Å²) in [5.41, 5.74) is 2.09. The van der Waals surface area contributed by atoms with Crippen molar-refractivity contribution in [2.75, 3.05) is 35.7 Å². The number of rotatable bonds is 8. The highest BCUT2D eigenvalue weighted by Crippen LogP contribution is 2.39. The second kappa shape index (κ2) is 10.7. The molecule has 1 aromatic carbocycles. The lowest BCUT2D eigenvalue weighted by molar-refractivity contribution is 0.140. The van der Waals surface area contributed by atoms with Crippen molar-refractivity contribution in [3.05, 3.63) is 51.4 Å². The summed E-state index contributed by atoms with van der Waals surface area (Å²) >= 11 is 6.40. The molecule has 2 N–H and O–H groups in total. The first kappa shape index (κ1) is 25.5. The SMILES string of the molecule is O=c1c(Cl)c(NC[C@@H]2COCCS2(=O)=O)cnn1[C@H]1CC[C@H](N(c2ccc(CO)cc2)C2CC2)CC1. The standard InChI is InChI=1S/C25H33ClN4O5S/c26-24-23(27-13-22-16-35-11-12-36(22,33)34)14-28-30(25(24)32)21-9-7-20(8-10-21)29(19-5-6-19)18-3-1-17(15-31)2-4-18/h1-4,14,19-22,27,31H,5-13,15-16H2/t20-,21-,22-/m1/s1. The highest BCUT2D eigenvalue weighted by Gasteiger charge is 2.37. The molecule has 2 aromatic rings. The molecule has 0 spiro atoms. The predicted octanol–water partition coefficient (Wildman–Crippen LogP) is 2.77. The first-order valence-corrected chi connectivity index (χ1v) is 14.8. The number of nitrogens with one attached hydrogen (secondary N) is 1. The molecule has 0 radical (unpaired) electrons. The van der Waals surface area contributed by atoms with Crippen LogP contribution in [0.2, 0.25) is 5.02 Å². The van der Waals surface area contributed by atoms with Gasteiger partial charge in [0, 0.05) is 24.3 Å². The van der Waals surface area contributed by atoms with Crippen LogP contribution in [-0.4, -0.2) is 66.1 Å². The number of sulfone groups is 1. The van der Waals surface area contributed by atoms with E-state index in [-0.39, 0.29) is 48.7 Å². The summed E-state index contributed by atoms with van der Waals surface area (Å²) in [4.78, 5) is 15.6. The van der Waals surface area contributed by atoms with Crippen LogP contribution in [0.4, 0.5) is 11.4 Å². The summed E-state index contributed by atoms with van der Waals surface area (Å²) in [6, 6.07) is 9.09. The van der Waals surface area contributed by atoms with E-state index in [1.165, 1.54) is 29.4 Å². The van der Waals surface area contributed by atoms with Crippen LogP contribution in [0, 0.1) is 0 Å². The first-order chi connectivity index (χ1) is 17.4. The van der Waals surface area contributed by atoms with Crippen molar-refractivity contribution in [3.63, 3.8) is 0 Å². The van der Waals surface area contributed by atoms with Crippen LogP contribution in [0.25, 0.3) is 0 Å². The molecule has 0 unspecified atom stereocenters. The molecule has 3 aliphatic rings. The number of halogens is 1. The lowest BCUT2D eigenvalue weighted by Gasteiger charge is -2.39. The molecule has 2 heterocycles. The Morgan fingerprint density at radius 2 is 1.78 bits per heavy atom. The second-order valence-corrected chi connectivity index (χ2v) is 12.8. The largest absolute Gasteiger partial charge is 0.392 e. The van der Waals surface area contributed by atoms with E-state index in [1.54, 1.807) is 0 Å². The maximum absolute atomic E-state index is 13.0. The van der Waals surface area contributed by atoms with Gasteiger partial charge in [-0.15, -0.1) is 0 Å². The second-order valence-electron chi connectivity index (χ2n) is 9.99. The predicted molar refractivity (Wildman–Crippen MR) is 140 cm³/mol. The third-order valence-electron chi connectivity index (χ3n) is 7.55. The topological polar surface area (TPSA) is 114 Å². The molecule has 1 saturated heterocycles. The number of ether oxygens (including phenoxy) is 1. The lowest BCUT2D eigenvalue weighted by atomic mass is 9.89. The van der Waals surface area contributed by atoms with Crippen LogP contribution < -0.4 is 15.8 Å². The highest BCUT2D eigenvalue weighted by atomic mass is 35.5. The van der Waals surface area contributed by atoms with Gasteiger partial charge in [0.15, 0.2) is 9.84 Å². The minimum Gasteiger partial charge on any atom is -0.392 e. The number of aliphatic hydroxyl groups is 1. The van der Waals surface area contributed by atoms with Crippen molar-refractivity contribution in [3.8, 4) is 0 Å². The molecule has 196 valence electrons. The molecule has 9 nitrogen and oxygen atoms in total. The molecular formula is C25H33ClN4O5S. The number of anilines is 2. The Hall–Kier alpha value is -2.14. The fraction of sp³-hybridized carbons (Fsp3) is 0.600. The Labute approximate surface area is 216 Å². The Morgan fingerprint density at radius 1 is 1.11 bits per heavy atom. The Balaban J connectivity index is 1.23. The van der Waals surface area contributed by atoms with E-state index in [9.17, 15) is 18.3 Å². The number of benzene rings is 1. The van der Waals surface area contributed by atoms with Crippen LogP contribution in [-0.2, 0) is 21.2 Å². The average Bonchev–Trinajstić information content (AvgIpc) is 3.72.